The van der Waals surface area contributed by atoms with Gasteiger partial charge in [0.2, 0.25) is 5.91 Å². The van der Waals surface area contributed by atoms with Gasteiger partial charge in [-0.1, -0.05) is 30.3 Å². The SMILES string of the molecule is CC1=C(C(=O)[O-])N2C(=O)C(NC(=O)[C@H](NC(=S)N3CCNC3=O)c3ccccc3)[C@H]2SC1.[Na+]. The molecule has 33 heavy (non-hydrogen) atoms. The molecule has 3 aliphatic heterocycles. The van der Waals surface area contributed by atoms with E-state index in [4.69, 9.17) is 12.2 Å². The van der Waals surface area contributed by atoms with Gasteiger partial charge in [0.15, 0.2) is 5.11 Å². The summed E-state index contributed by atoms with van der Waals surface area (Å²) in [6, 6.07) is 6.59. The number of nitrogens with zero attached hydrogens (tertiary/aromatic N) is 2. The van der Waals surface area contributed by atoms with E-state index in [1.54, 1.807) is 37.3 Å². The summed E-state index contributed by atoms with van der Waals surface area (Å²) in [4.78, 5) is 51.8. The second kappa shape index (κ2) is 10.4. The van der Waals surface area contributed by atoms with E-state index >= 15 is 0 Å². The second-order valence-corrected chi connectivity index (χ2v) is 8.98. The minimum absolute atomic E-state index is 0. The Morgan fingerprint density at radius 1 is 1.27 bits per heavy atom. The van der Waals surface area contributed by atoms with E-state index in [1.165, 1.54) is 16.7 Å². The molecule has 1 aromatic rings. The predicted octanol–water partition coefficient (Wildman–Crippen LogP) is -3.94. The third kappa shape index (κ3) is 4.90. The van der Waals surface area contributed by atoms with Gasteiger partial charge < -0.3 is 25.9 Å². The van der Waals surface area contributed by atoms with Gasteiger partial charge in [-0.05, 0) is 30.3 Å². The Hall–Kier alpha value is -2.12. The molecular weight excluding hydrogens is 477 g/mol. The molecule has 0 spiro atoms. The van der Waals surface area contributed by atoms with Crippen LogP contribution in [-0.4, -0.2) is 69.0 Å². The molecule has 2 saturated heterocycles. The number of carboxylic acid groups (broad SMARTS) is 1. The maximum atomic E-state index is 13.2. The first-order chi connectivity index (χ1) is 15.3. The normalized spacial score (nSPS) is 22.5. The van der Waals surface area contributed by atoms with Gasteiger partial charge in [-0.3, -0.25) is 19.4 Å². The summed E-state index contributed by atoms with van der Waals surface area (Å²) in [5.74, 6) is -2.03. The first-order valence-corrected chi connectivity index (χ1v) is 11.3. The minimum Gasteiger partial charge on any atom is -0.543 e. The van der Waals surface area contributed by atoms with E-state index in [2.05, 4.69) is 16.0 Å². The van der Waals surface area contributed by atoms with E-state index in [0.717, 1.165) is 4.90 Å². The summed E-state index contributed by atoms with van der Waals surface area (Å²) in [6.07, 6.45) is 0. The molecule has 0 radical (unpaired) electrons. The molecule has 4 rings (SSSR count). The van der Waals surface area contributed by atoms with Crippen LogP contribution in [0.25, 0.3) is 0 Å². The molecule has 3 aliphatic rings. The summed E-state index contributed by atoms with van der Waals surface area (Å²) < 4.78 is 0. The Balaban J connectivity index is 0.00000306. The Morgan fingerprint density at radius 2 is 1.97 bits per heavy atom. The molecule has 0 aliphatic carbocycles. The number of hydrogen-bond donors (Lipinski definition) is 3. The quantitative estimate of drug-likeness (QED) is 0.213. The Bertz CT molecular complexity index is 1040. The fraction of sp³-hybridized carbons (Fsp3) is 0.350. The Kier molecular flexibility index (Phi) is 8.06. The average Bonchev–Trinajstić information content (AvgIpc) is 3.21. The topological polar surface area (TPSA) is 134 Å². The molecule has 3 atom stereocenters. The Labute approximate surface area is 221 Å². The summed E-state index contributed by atoms with van der Waals surface area (Å²) in [5.41, 5.74) is 1.00. The van der Waals surface area contributed by atoms with E-state index in [9.17, 15) is 24.3 Å². The van der Waals surface area contributed by atoms with Crippen LogP contribution < -0.4 is 50.6 Å². The van der Waals surface area contributed by atoms with Crippen molar-refractivity contribution in [3.8, 4) is 0 Å². The molecule has 10 nitrogen and oxygen atoms in total. The molecule has 13 heteroatoms. The zero-order valence-corrected chi connectivity index (χ0v) is 21.6. The van der Waals surface area contributed by atoms with Crippen LogP contribution >= 0.6 is 24.0 Å². The number of hydrogen-bond acceptors (Lipinski definition) is 7. The van der Waals surface area contributed by atoms with Crippen molar-refractivity contribution in [2.24, 2.45) is 0 Å². The summed E-state index contributed by atoms with van der Waals surface area (Å²) in [5, 5.41) is 19.3. The fourth-order valence-corrected chi connectivity index (χ4v) is 5.40. The number of benzene rings is 1. The number of thiocarbonyl (C=S) groups is 1. The van der Waals surface area contributed by atoms with Crippen LogP contribution in [0, 0.1) is 0 Å². The molecule has 0 bridgehead atoms. The number of carbonyl (C=O) groups excluding carboxylic acids is 4. The molecule has 2 fully saturated rings. The molecule has 1 unspecified atom stereocenters. The van der Waals surface area contributed by atoms with Crippen LogP contribution in [0.1, 0.15) is 18.5 Å². The van der Waals surface area contributed by atoms with Gasteiger partial charge in [-0.2, -0.15) is 0 Å². The van der Waals surface area contributed by atoms with E-state index < -0.39 is 35.2 Å². The third-order valence-electron chi connectivity index (χ3n) is 5.41. The van der Waals surface area contributed by atoms with Crippen molar-refractivity contribution in [2.45, 2.75) is 24.4 Å². The van der Waals surface area contributed by atoms with Gasteiger partial charge in [-0.25, -0.2) is 4.79 Å². The number of aliphatic carboxylic acids is 1. The number of nitrogens with one attached hydrogen (secondary N) is 3. The van der Waals surface area contributed by atoms with Gasteiger partial charge in [0.25, 0.3) is 5.91 Å². The van der Waals surface area contributed by atoms with Crippen LogP contribution in [0.2, 0.25) is 0 Å². The van der Waals surface area contributed by atoms with Crippen molar-refractivity contribution in [1.82, 2.24) is 25.8 Å². The number of amides is 4. The average molecular weight is 498 g/mol. The molecule has 168 valence electrons. The number of rotatable bonds is 5. The van der Waals surface area contributed by atoms with E-state index in [0.29, 0.717) is 30.0 Å². The largest absolute Gasteiger partial charge is 1.00 e. The second-order valence-electron chi connectivity index (χ2n) is 7.49. The van der Waals surface area contributed by atoms with Crippen molar-refractivity contribution in [2.75, 3.05) is 18.8 Å². The molecule has 3 heterocycles. The van der Waals surface area contributed by atoms with Gasteiger partial charge in [0.1, 0.15) is 17.5 Å². The minimum atomic E-state index is -1.41. The van der Waals surface area contributed by atoms with E-state index in [-0.39, 0.29) is 46.4 Å². The number of carbonyl (C=O) groups is 4. The van der Waals surface area contributed by atoms with Crippen molar-refractivity contribution < 1.29 is 53.8 Å². The zero-order valence-electron chi connectivity index (χ0n) is 18.0. The standard InChI is InChI=1S/C20H21N5O5S2.Na/c1-10-9-32-17-13(16(27)25(17)14(10)18(28)29)22-15(26)12(11-5-3-2-4-6-11)23-20(31)24-8-7-21-19(24)30;/h2-6,12-13,17H,7-9H2,1H3,(H,21,30)(H,22,26)(H,23,31)(H,28,29);/q;+1/p-1/t12-,13?,17-;/m1./s1. The molecule has 3 N–H and O–H groups in total. The van der Waals surface area contributed by atoms with Crippen LogP contribution in [0.4, 0.5) is 4.79 Å². The smallest absolute Gasteiger partial charge is 0.543 e. The van der Waals surface area contributed by atoms with Gasteiger partial charge in [-0.15, -0.1) is 11.8 Å². The molecule has 0 aromatic heterocycles. The number of β-lactam (4-membered cyclic amide) rings is 1. The van der Waals surface area contributed by atoms with Crippen molar-refractivity contribution >= 4 is 52.9 Å². The number of carboxylic acids is 1. The maximum absolute atomic E-state index is 13.2. The maximum Gasteiger partial charge on any atom is 1.00 e. The summed E-state index contributed by atoms with van der Waals surface area (Å²) in [6.45, 7) is 2.46. The van der Waals surface area contributed by atoms with Crippen molar-refractivity contribution in [3.63, 3.8) is 0 Å². The monoisotopic (exact) mass is 497 g/mol. The molecule has 0 saturated carbocycles. The zero-order chi connectivity index (χ0) is 23.0. The first-order valence-electron chi connectivity index (χ1n) is 9.86. The van der Waals surface area contributed by atoms with E-state index in [1.807, 2.05) is 0 Å². The number of urea groups is 1. The fourth-order valence-electron chi connectivity index (χ4n) is 3.81. The van der Waals surface area contributed by atoms with Crippen LogP contribution in [0.5, 0.6) is 0 Å². The first kappa shape index (κ1) is 25.5. The third-order valence-corrected chi connectivity index (χ3v) is 7.18. The van der Waals surface area contributed by atoms with Crippen LogP contribution in [0.15, 0.2) is 41.6 Å². The molecular formula is C20H20N5NaO5S2. The summed E-state index contributed by atoms with van der Waals surface area (Å²) >= 11 is 6.70. The van der Waals surface area contributed by atoms with Crippen LogP contribution in [-0.2, 0) is 14.4 Å². The summed E-state index contributed by atoms with van der Waals surface area (Å²) in [7, 11) is 0. The van der Waals surface area contributed by atoms with Crippen molar-refractivity contribution in [3.05, 3.63) is 47.2 Å². The number of thioether (sulfide) groups is 1. The van der Waals surface area contributed by atoms with Crippen molar-refractivity contribution in [1.29, 1.82) is 0 Å². The van der Waals surface area contributed by atoms with Crippen LogP contribution in [0.3, 0.4) is 0 Å². The molecule has 4 amide bonds. The molecule has 1 aromatic carbocycles. The predicted molar refractivity (Wildman–Crippen MR) is 118 cm³/mol. The van der Waals surface area contributed by atoms with Gasteiger partial charge in [0.05, 0.1) is 11.7 Å². The van der Waals surface area contributed by atoms with Gasteiger partial charge in [0, 0.05) is 18.8 Å². The Morgan fingerprint density at radius 3 is 2.58 bits per heavy atom. The van der Waals surface area contributed by atoms with Gasteiger partial charge >= 0.3 is 35.6 Å². The number of fused-ring (bicyclic) bond motifs is 1.